The zero-order chi connectivity index (χ0) is 13.2. The maximum absolute atomic E-state index is 12.5. The van der Waals surface area contributed by atoms with Gasteiger partial charge in [-0.1, -0.05) is 13.3 Å². The summed E-state index contributed by atoms with van der Waals surface area (Å²) in [5, 5.41) is 3.23. The molecule has 18 heavy (non-hydrogen) atoms. The maximum Gasteiger partial charge on any atom is 0.225 e. The number of nitrogens with two attached hydrogens (primary N) is 1. The quantitative estimate of drug-likeness (QED) is 0.783. The van der Waals surface area contributed by atoms with E-state index in [0.717, 1.165) is 45.3 Å². The number of nitrogens with one attached hydrogen (secondary N) is 1. The number of carbonyl (C=O) groups excluding carboxylic acids is 1. The fourth-order valence-corrected chi connectivity index (χ4v) is 3.24. The summed E-state index contributed by atoms with van der Waals surface area (Å²) in [7, 11) is 0. The van der Waals surface area contributed by atoms with Gasteiger partial charge in [0.05, 0.1) is 5.92 Å². The predicted molar refractivity (Wildman–Crippen MR) is 71.1 cm³/mol. The molecule has 1 amide bonds. The molecule has 4 nitrogen and oxygen atoms in total. The largest absolute Gasteiger partial charge is 0.381 e. The number of hydrogen-bond acceptors (Lipinski definition) is 3. The van der Waals surface area contributed by atoms with Crippen molar-refractivity contribution in [3.8, 4) is 0 Å². The van der Waals surface area contributed by atoms with E-state index in [-0.39, 0.29) is 23.4 Å². The Morgan fingerprint density at radius 3 is 2.61 bits per heavy atom. The van der Waals surface area contributed by atoms with E-state index in [0.29, 0.717) is 5.92 Å². The highest BCUT2D eigenvalue weighted by atomic mass is 16.5. The molecule has 3 atom stereocenters. The standard InChI is InChI=1S/C14H26N2O2/c1-10-4-3-5-11(15)12(10)13(17)16-14(2)6-8-18-9-7-14/h10-12H,3-9,15H2,1-2H3,(H,16,17). The van der Waals surface area contributed by atoms with Crippen LogP contribution in [0.5, 0.6) is 0 Å². The molecule has 0 radical (unpaired) electrons. The molecular formula is C14H26N2O2. The third kappa shape index (κ3) is 3.04. The summed E-state index contributed by atoms with van der Waals surface area (Å²) >= 11 is 0. The summed E-state index contributed by atoms with van der Waals surface area (Å²) in [5.41, 5.74) is 6.03. The van der Waals surface area contributed by atoms with Gasteiger partial charge in [0.1, 0.15) is 0 Å². The SMILES string of the molecule is CC1CCCC(N)C1C(=O)NC1(C)CCOCC1. The van der Waals surface area contributed by atoms with Crippen LogP contribution in [-0.2, 0) is 9.53 Å². The van der Waals surface area contributed by atoms with Crippen LogP contribution < -0.4 is 11.1 Å². The topological polar surface area (TPSA) is 64.4 Å². The van der Waals surface area contributed by atoms with Crippen molar-refractivity contribution in [2.75, 3.05) is 13.2 Å². The molecule has 1 aliphatic heterocycles. The Balaban J connectivity index is 1.97. The normalized spacial score (nSPS) is 36.1. The number of carbonyl (C=O) groups is 1. The fourth-order valence-electron chi connectivity index (χ4n) is 3.24. The summed E-state index contributed by atoms with van der Waals surface area (Å²) in [6.07, 6.45) is 5.04. The van der Waals surface area contributed by atoms with Crippen LogP contribution >= 0.6 is 0 Å². The molecular weight excluding hydrogens is 228 g/mol. The van der Waals surface area contributed by atoms with Gasteiger partial charge in [0, 0.05) is 24.8 Å². The number of rotatable bonds is 2. The first-order valence-corrected chi connectivity index (χ1v) is 7.17. The van der Waals surface area contributed by atoms with Gasteiger partial charge in [-0.05, 0) is 38.5 Å². The molecule has 0 aromatic carbocycles. The zero-order valence-corrected chi connectivity index (χ0v) is 11.6. The first-order chi connectivity index (χ1) is 8.52. The van der Waals surface area contributed by atoms with E-state index in [1.54, 1.807) is 0 Å². The summed E-state index contributed by atoms with van der Waals surface area (Å²) in [5.74, 6) is 0.537. The van der Waals surface area contributed by atoms with Crippen LogP contribution in [0.15, 0.2) is 0 Å². The molecule has 3 N–H and O–H groups in total. The van der Waals surface area contributed by atoms with Crippen molar-refractivity contribution in [2.24, 2.45) is 17.6 Å². The van der Waals surface area contributed by atoms with Gasteiger partial charge in [0.15, 0.2) is 0 Å². The lowest BCUT2D eigenvalue weighted by Gasteiger charge is -2.39. The predicted octanol–water partition coefficient (Wildman–Crippen LogP) is 1.44. The van der Waals surface area contributed by atoms with Crippen LogP contribution in [0, 0.1) is 11.8 Å². The lowest BCUT2D eigenvalue weighted by Crippen LogP contribution is -2.55. The van der Waals surface area contributed by atoms with Gasteiger partial charge < -0.3 is 15.8 Å². The van der Waals surface area contributed by atoms with Crippen LogP contribution in [0.2, 0.25) is 0 Å². The average Bonchev–Trinajstić information content (AvgIpc) is 2.28. The first kappa shape index (κ1) is 13.8. The van der Waals surface area contributed by atoms with Gasteiger partial charge in [-0.25, -0.2) is 0 Å². The Kier molecular flexibility index (Phi) is 4.28. The minimum Gasteiger partial charge on any atom is -0.381 e. The highest BCUT2D eigenvalue weighted by Crippen LogP contribution is 2.30. The summed E-state index contributed by atoms with van der Waals surface area (Å²) in [6.45, 7) is 5.74. The second-order valence-electron chi connectivity index (χ2n) is 6.26. The van der Waals surface area contributed by atoms with Crippen molar-refractivity contribution in [3.63, 3.8) is 0 Å². The van der Waals surface area contributed by atoms with Gasteiger partial charge in [-0.2, -0.15) is 0 Å². The summed E-state index contributed by atoms with van der Waals surface area (Å²) in [4.78, 5) is 12.5. The van der Waals surface area contributed by atoms with E-state index in [2.05, 4.69) is 19.2 Å². The van der Waals surface area contributed by atoms with Gasteiger partial charge in [-0.15, -0.1) is 0 Å². The molecule has 104 valence electrons. The lowest BCUT2D eigenvalue weighted by molar-refractivity contribution is -0.131. The molecule has 0 aromatic heterocycles. The monoisotopic (exact) mass is 254 g/mol. The van der Waals surface area contributed by atoms with Crippen molar-refractivity contribution in [1.29, 1.82) is 0 Å². The van der Waals surface area contributed by atoms with Crippen LogP contribution in [0.4, 0.5) is 0 Å². The van der Waals surface area contributed by atoms with E-state index >= 15 is 0 Å². The van der Waals surface area contributed by atoms with E-state index in [9.17, 15) is 4.79 Å². The van der Waals surface area contributed by atoms with E-state index < -0.39 is 0 Å². The molecule has 0 spiro atoms. The number of amides is 1. The molecule has 1 aliphatic carbocycles. The summed E-state index contributed by atoms with van der Waals surface area (Å²) in [6, 6.07) is 0.0252. The second kappa shape index (κ2) is 5.57. The smallest absolute Gasteiger partial charge is 0.225 e. The van der Waals surface area contributed by atoms with Crippen LogP contribution in [0.25, 0.3) is 0 Å². The zero-order valence-electron chi connectivity index (χ0n) is 11.6. The van der Waals surface area contributed by atoms with Crippen LogP contribution in [-0.4, -0.2) is 30.7 Å². The Bertz CT molecular complexity index is 290. The minimum absolute atomic E-state index is 0.0154. The van der Waals surface area contributed by atoms with Crippen LogP contribution in [0.3, 0.4) is 0 Å². The molecule has 4 heteroatoms. The third-order valence-electron chi connectivity index (χ3n) is 4.60. The minimum atomic E-state index is -0.105. The molecule has 2 rings (SSSR count). The van der Waals surface area contributed by atoms with Crippen molar-refractivity contribution in [3.05, 3.63) is 0 Å². The van der Waals surface area contributed by atoms with Gasteiger partial charge in [0.2, 0.25) is 5.91 Å². The van der Waals surface area contributed by atoms with E-state index in [1.807, 2.05) is 0 Å². The highest BCUT2D eigenvalue weighted by molar-refractivity contribution is 5.80. The molecule has 1 heterocycles. The molecule has 0 bridgehead atoms. The van der Waals surface area contributed by atoms with Crippen molar-refractivity contribution in [2.45, 2.75) is 57.5 Å². The fraction of sp³-hybridized carbons (Fsp3) is 0.929. The summed E-state index contributed by atoms with van der Waals surface area (Å²) < 4.78 is 5.36. The Morgan fingerprint density at radius 2 is 2.00 bits per heavy atom. The van der Waals surface area contributed by atoms with Gasteiger partial charge in [0.25, 0.3) is 0 Å². The maximum atomic E-state index is 12.5. The Morgan fingerprint density at radius 1 is 1.33 bits per heavy atom. The van der Waals surface area contributed by atoms with Crippen molar-refractivity contribution >= 4 is 5.91 Å². The van der Waals surface area contributed by atoms with Crippen molar-refractivity contribution < 1.29 is 9.53 Å². The average molecular weight is 254 g/mol. The lowest BCUT2D eigenvalue weighted by atomic mass is 9.76. The van der Waals surface area contributed by atoms with Crippen molar-refractivity contribution in [1.82, 2.24) is 5.32 Å². The molecule has 2 fully saturated rings. The Labute approximate surface area is 110 Å². The molecule has 1 saturated carbocycles. The Hall–Kier alpha value is -0.610. The highest BCUT2D eigenvalue weighted by Gasteiger charge is 2.37. The molecule has 3 unspecified atom stereocenters. The number of hydrogen-bond donors (Lipinski definition) is 2. The van der Waals surface area contributed by atoms with Crippen LogP contribution in [0.1, 0.15) is 46.0 Å². The van der Waals surface area contributed by atoms with E-state index in [1.165, 1.54) is 0 Å². The second-order valence-corrected chi connectivity index (χ2v) is 6.26. The molecule has 0 aromatic rings. The van der Waals surface area contributed by atoms with Gasteiger partial charge in [-0.3, -0.25) is 4.79 Å². The van der Waals surface area contributed by atoms with Gasteiger partial charge >= 0.3 is 0 Å². The first-order valence-electron chi connectivity index (χ1n) is 7.17. The molecule has 2 aliphatic rings. The number of ether oxygens (including phenoxy) is 1. The molecule has 1 saturated heterocycles. The van der Waals surface area contributed by atoms with E-state index in [4.69, 9.17) is 10.5 Å². The third-order valence-corrected chi connectivity index (χ3v) is 4.60.